The van der Waals surface area contributed by atoms with Crippen molar-refractivity contribution in [2.24, 2.45) is 10.1 Å². The Morgan fingerprint density at radius 3 is 1.94 bits per heavy atom. The first-order chi connectivity index (χ1) is 37.4. The van der Waals surface area contributed by atoms with E-state index in [1.165, 1.54) is 16.4 Å². The van der Waals surface area contributed by atoms with Crippen LogP contribution in [0.2, 0.25) is 0 Å². The third kappa shape index (κ3) is 18.2. The maximum absolute atomic E-state index is 14.4. The highest BCUT2D eigenvalue weighted by atomic mass is 32.1. The lowest BCUT2D eigenvalue weighted by Crippen LogP contribution is -2.70. The van der Waals surface area contributed by atoms with Crippen molar-refractivity contribution in [1.82, 2.24) is 46.1 Å². The van der Waals surface area contributed by atoms with Crippen LogP contribution < -0.4 is 26.6 Å². The van der Waals surface area contributed by atoms with Crippen LogP contribution in [0.1, 0.15) is 144 Å². The average molecular weight is 1130 g/mol. The molecular weight excluding hydrogens is 1060 g/mol. The molecule has 2 aromatic carbocycles. The molecule has 3 atom stereocenters. The number of ether oxygens (including phenoxy) is 5. The number of thiazole rings is 1. The van der Waals surface area contributed by atoms with Gasteiger partial charge in [0, 0.05) is 31.3 Å². The molecule has 2 aromatic heterocycles. The van der Waals surface area contributed by atoms with Crippen molar-refractivity contribution >= 4 is 70.3 Å². The van der Waals surface area contributed by atoms with E-state index in [2.05, 4.69) is 51.9 Å². The summed E-state index contributed by atoms with van der Waals surface area (Å²) in [5.74, 6) is -2.44. The monoisotopic (exact) mass is 1130 g/mol. The van der Waals surface area contributed by atoms with E-state index < -0.39 is 100 Å². The number of aromatic nitrogens is 4. The molecule has 1 aliphatic heterocycles. The average Bonchev–Trinajstić information content (AvgIpc) is 3.94. The lowest BCUT2D eigenvalue weighted by molar-refractivity contribution is -0.164. The van der Waals surface area contributed by atoms with E-state index in [-0.39, 0.29) is 55.0 Å². The molecule has 25 nitrogen and oxygen atoms in total. The zero-order valence-electron chi connectivity index (χ0n) is 47.3. The summed E-state index contributed by atoms with van der Waals surface area (Å²) in [6.07, 6.45) is -2.01. The van der Waals surface area contributed by atoms with Gasteiger partial charge in [0.1, 0.15) is 39.8 Å². The zero-order chi connectivity index (χ0) is 58.8. The second kappa shape index (κ2) is 25.3. The lowest BCUT2D eigenvalue weighted by atomic mass is 9.98. The summed E-state index contributed by atoms with van der Waals surface area (Å²) in [6.45, 7) is 22.1. The lowest BCUT2D eigenvalue weighted by Gasteiger charge is -2.36. The van der Waals surface area contributed by atoms with E-state index in [0.29, 0.717) is 6.42 Å². The Balaban J connectivity index is 1.22. The molecular formula is C54H72N12O13S. The van der Waals surface area contributed by atoms with Crippen molar-refractivity contribution in [1.29, 1.82) is 0 Å². The van der Waals surface area contributed by atoms with E-state index >= 15 is 0 Å². The Hall–Kier alpha value is -8.16. The van der Waals surface area contributed by atoms with E-state index in [4.69, 9.17) is 28.5 Å². The van der Waals surface area contributed by atoms with E-state index in [9.17, 15) is 33.6 Å². The molecule has 1 aliphatic carbocycles. The van der Waals surface area contributed by atoms with Crippen LogP contribution in [0.5, 0.6) is 0 Å². The van der Waals surface area contributed by atoms with Gasteiger partial charge in [-0.3, -0.25) is 14.9 Å². The van der Waals surface area contributed by atoms with Crippen molar-refractivity contribution in [3.63, 3.8) is 0 Å². The minimum absolute atomic E-state index is 0.0507. The smallest absolute Gasteiger partial charge is 0.437 e. The number of hydrogen-bond acceptors (Lipinski definition) is 18. The number of carbonyl (C=O) groups excluding carboxylic acids is 7. The van der Waals surface area contributed by atoms with Gasteiger partial charge < -0.3 is 49.8 Å². The SMILES string of the molecule is CC(c1cnn(C[C@@H]2NC(=O)[C@H]2NC(=O)C(=NOC2(C(=O)OC(c3ccccc3)c3ccccc3)CC2)c2csc(NC(=O)OC(C)(C)C)n2)n1)N(C(=O)OC(C)(C)C)/C(=N\C(=O)OC(C)(C)C)NCCCNC(=O)OC(C)(C)C. The minimum Gasteiger partial charge on any atom is -0.450 e. The molecule has 0 spiro atoms. The van der Waals surface area contributed by atoms with Crippen LogP contribution in [-0.4, -0.2) is 132 Å². The number of esters is 1. The van der Waals surface area contributed by atoms with Gasteiger partial charge in [-0.25, -0.2) is 33.9 Å². The van der Waals surface area contributed by atoms with Crippen LogP contribution in [-0.2, 0) is 49.5 Å². The van der Waals surface area contributed by atoms with Crippen molar-refractivity contribution in [2.45, 2.75) is 168 Å². The normalized spacial score (nSPS) is 16.6. The summed E-state index contributed by atoms with van der Waals surface area (Å²) in [4.78, 5) is 111. The second-order valence-electron chi connectivity index (χ2n) is 22.8. The van der Waals surface area contributed by atoms with Gasteiger partial charge in [-0.15, -0.1) is 16.3 Å². The third-order valence-corrected chi connectivity index (χ3v) is 11.9. The number of rotatable bonds is 18. The maximum atomic E-state index is 14.4. The summed E-state index contributed by atoms with van der Waals surface area (Å²) >= 11 is 0.960. The number of alkyl carbamates (subject to hydrolysis) is 1. The predicted octanol–water partition coefficient (Wildman–Crippen LogP) is 7.44. The van der Waals surface area contributed by atoms with Crippen LogP contribution in [0.15, 0.2) is 82.4 Å². The highest BCUT2D eigenvalue weighted by Crippen LogP contribution is 2.43. The molecule has 1 unspecified atom stereocenters. The van der Waals surface area contributed by atoms with Gasteiger partial charge in [-0.2, -0.15) is 15.0 Å². The van der Waals surface area contributed by atoms with Crippen LogP contribution in [0.25, 0.3) is 0 Å². The molecule has 0 radical (unpaired) electrons. The summed E-state index contributed by atoms with van der Waals surface area (Å²) in [5, 5.41) is 28.4. The van der Waals surface area contributed by atoms with Gasteiger partial charge in [0.2, 0.25) is 17.5 Å². The van der Waals surface area contributed by atoms with Crippen LogP contribution >= 0.6 is 11.3 Å². The topological polar surface area (TPSA) is 307 Å². The van der Waals surface area contributed by atoms with Gasteiger partial charge in [0.25, 0.3) is 5.91 Å². The highest BCUT2D eigenvalue weighted by Gasteiger charge is 2.57. The second-order valence-corrected chi connectivity index (χ2v) is 23.7. The van der Waals surface area contributed by atoms with Gasteiger partial charge in [0.05, 0.1) is 24.8 Å². The predicted molar refractivity (Wildman–Crippen MR) is 293 cm³/mol. The Morgan fingerprint density at radius 2 is 1.38 bits per heavy atom. The number of nitrogens with zero attached hydrogens (tertiary/aromatic N) is 7. The van der Waals surface area contributed by atoms with Gasteiger partial charge in [-0.1, -0.05) is 65.8 Å². The fourth-order valence-corrected chi connectivity index (χ4v) is 8.04. The summed E-state index contributed by atoms with van der Waals surface area (Å²) in [7, 11) is 0. The molecule has 80 heavy (non-hydrogen) atoms. The Bertz CT molecular complexity index is 2880. The number of carbonyl (C=O) groups is 7. The summed E-state index contributed by atoms with van der Waals surface area (Å²) < 4.78 is 28.1. The molecule has 2 fully saturated rings. The Morgan fingerprint density at radius 1 is 0.800 bits per heavy atom. The number of benzene rings is 2. The Kier molecular flexibility index (Phi) is 19.3. The molecule has 2 aliphatic rings. The quantitative estimate of drug-likeness (QED) is 0.0123. The minimum atomic E-state index is -1.56. The molecule has 1 saturated carbocycles. The molecule has 6 amide bonds. The Labute approximate surface area is 468 Å². The number of hydrogen-bond donors (Lipinski definition) is 5. The number of anilines is 1. The van der Waals surface area contributed by atoms with E-state index in [1.54, 1.807) is 90.0 Å². The third-order valence-electron chi connectivity index (χ3n) is 11.1. The first-order valence-corrected chi connectivity index (χ1v) is 26.8. The first kappa shape index (κ1) is 61.1. The van der Waals surface area contributed by atoms with Gasteiger partial charge in [0.15, 0.2) is 16.9 Å². The molecule has 432 valence electrons. The van der Waals surface area contributed by atoms with Crippen molar-refractivity contribution < 1.29 is 62.1 Å². The maximum Gasteiger partial charge on any atom is 0.437 e. The molecule has 1 saturated heterocycles. The number of amides is 6. The van der Waals surface area contributed by atoms with Crippen LogP contribution in [0.3, 0.4) is 0 Å². The molecule has 0 bridgehead atoms. The van der Waals surface area contributed by atoms with Crippen molar-refractivity contribution in [3.05, 3.63) is 94.8 Å². The van der Waals surface area contributed by atoms with Gasteiger partial charge >= 0.3 is 30.3 Å². The van der Waals surface area contributed by atoms with Crippen molar-refractivity contribution in [2.75, 3.05) is 18.4 Å². The van der Waals surface area contributed by atoms with E-state index in [0.717, 1.165) is 27.4 Å². The fourth-order valence-electron chi connectivity index (χ4n) is 7.36. The van der Waals surface area contributed by atoms with Gasteiger partial charge in [-0.05, 0) is 108 Å². The van der Waals surface area contributed by atoms with E-state index in [1.807, 2.05) is 60.7 Å². The number of β-lactam (4-membered cyclic amide) rings is 1. The molecule has 3 heterocycles. The summed E-state index contributed by atoms with van der Waals surface area (Å²) in [6, 6.07) is 15.4. The fraction of sp³-hybridized carbons (Fsp3) is 0.519. The molecule has 4 aromatic rings. The number of oxime groups is 1. The van der Waals surface area contributed by atoms with Crippen LogP contribution in [0.4, 0.5) is 24.3 Å². The molecule has 6 rings (SSSR count). The molecule has 26 heteroatoms. The van der Waals surface area contributed by atoms with Crippen LogP contribution in [0, 0.1) is 0 Å². The largest absolute Gasteiger partial charge is 0.450 e. The summed E-state index contributed by atoms with van der Waals surface area (Å²) in [5.41, 5.74) is -3.89. The first-order valence-electron chi connectivity index (χ1n) is 26.0. The highest BCUT2D eigenvalue weighted by molar-refractivity contribution is 7.14. The number of aliphatic imine (C=N–C) groups is 1. The molecule has 5 N–H and O–H groups in total. The number of nitrogens with one attached hydrogen (secondary N) is 5. The standard InChI is InChI=1S/C54H72N12O13S/c1-32(66(49(73)78-53(11,12)13)44(61-47(71)76-51(5,6)7)55-27-20-28-56-46(70)75-50(2,3)4)35-29-57-65(63-35)30-36-38(41(67)58-36)60-42(68)39(37-31-80-45(59-37)62-48(72)77-52(8,9)10)64-79-54(25-26-54)43(69)74-40(33-21-16-14-17-22-33)34-23-18-15-19-24-34/h14-19,21-24,29,31-32,36,38,40H,20,25-28,30H2,1-13H3,(H,56,70)(H,58,67)(H,60,68)(H,55,61,71)(H,59,62,72)/t32?,36-,38-/m0/s1. The van der Waals surface area contributed by atoms with Crippen molar-refractivity contribution in [3.8, 4) is 0 Å². The zero-order valence-corrected chi connectivity index (χ0v) is 48.1. The number of guanidine groups is 1.